The molecule has 0 radical (unpaired) electrons. The van der Waals surface area contributed by atoms with Crippen LogP contribution in [0, 0.1) is 0 Å². The number of hydrogen-bond donors (Lipinski definition) is 0. The molecule has 5 nitrogen and oxygen atoms in total. The highest BCUT2D eigenvalue weighted by molar-refractivity contribution is 5.67. The molecule has 1 aromatic rings. The summed E-state index contributed by atoms with van der Waals surface area (Å²) in [7, 11) is 0. The molecule has 0 saturated carbocycles. The van der Waals surface area contributed by atoms with E-state index < -0.39 is 0 Å². The second-order valence-electron chi connectivity index (χ2n) is 4.98. The molecule has 1 aromatic carbocycles. The Morgan fingerprint density at radius 1 is 1.05 bits per heavy atom. The van der Waals surface area contributed by atoms with Crippen LogP contribution in [0.25, 0.3) is 0 Å². The predicted molar refractivity (Wildman–Crippen MR) is 72.8 cm³/mol. The SMILES string of the molecule is CC(=O)O[C@H]1CN(Cc2ccccc2)C[C@@H]1OC(C)=O. The molecule has 1 aliphatic rings. The highest BCUT2D eigenvalue weighted by Gasteiger charge is 2.37. The summed E-state index contributed by atoms with van der Waals surface area (Å²) in [6, 6.07) is 10.0. The number of rotatable bonds is 4. The Bertz CT molecular complexity index is 450. The molecule has 1 aliphatic heterocycles. The van der Waals surface area contributed by atoms with E-state index in [1.807, 2.05) is 30.3 Å². The first kappa shape index (κ1) is 14.5. The van der Waals surface area contributed by atoms with Crippen LogP contribution in [-0.4, -0.2) is 42.1 Å². The molecular formula is C15H19NO4. The third-order valence-corrected chi connectivity index (χ3v) is 3.17. The van der Waals surface area contributed by atoms with E-state index in [9.17, 15) is 9.59 Å². The average Bonchev–Trinajstić information content (AvgIpc) is 2.70. The maximum Gasteiger partial charge on any atom is 0.303 e. The van der Waals surface area contributed by atoms with Crippen LogP contribution in [0.1, 0.15) is 19.4 Å². The zero-order valence-electron chi connectivity index (χ0n) is 11.7. The fraction of sp³-hybridized carbons (Fsp3) is 0.467. The molecule has 0 bridgehead atoms. The zero-order valence-corrected chi connectivity index (χ0v) is 11.7. The monoisotopic (exact) mass is 277 g/mol. The van der Waals surface area contributed by atoms with Crippen molar-refractivity contribution in [1.82, 2.24) is 4.90 Å². The lowest BCUT2D eigenvalue weighted by Gasteiger charge is -2.17. The van der Waals surface area contributed by atoms with E-state index in [1.165, 1.54) is 19.4 Å². The van der Waals surface area contributed by atoms with Gasteiger partial charge in [-0.2, -0.15) is 0 Å². The van der Waals surface area contributed by atoms with Gasteiger partial charge >= 0.3 is 11.9 Å². The minimum absolute atomic E-state index is 0.353. The quantitative estimate of drug-likeness (QED) is 0.778. The summed E-state index contributed by atoms with van der Waals surface area (Å²) in [5.41, 5.74) is 1.18. The fourth-order valence-electron chi connectivity index (χ4n) is 2.44. The van der Waals surface area contributed by atoms with Crippen molar-refractivity contribution in [2.45, 2.75) is 32.6 Å². The van der Waals surface area contributed by atoms with E-state index in [2.05, 4.69) is 4.90 Å². The molecule has 0 aromatic heterocycles. The van der Waals surface area contributed by atoms with E-state index in [-0.39, 0.29) is 24.1 Å². The van der Waals surface area contributed by atoms with Gasteiger partial charge in [-0.05, 0) is 5.56 Å². The Morgan fingerprint density at radius 3 is 2.00 bits per heavy atom. The van der Waals surface area contributed by atoms with Gasteiger partial charge in [0.05, 0.1) is 0 Å². The van der Waals surface area contributed by atoms with E-state index >= 15 is 0 Å². The zero-order chi connectivity index (χ0) is 14.5. The van der Waals surface area contributed by atoms with E-state index in [0.29, 0.717) is 13.1 Å². The van der Waals surface area contributed by atoms with Crippen LogP contribution in [0.4, 0.5) is 0 Å². The summed E-state index contributed by atoms with van der Waals surface area (Å²) in [6.45, 7) is 4.63. The van der Waals surface area contributed by atoms with Crippen molar-refractivity contribution >= 4 is 11.9 Å². The standard InChI is InChI=1S/C15H19NO4/c1-11(17)19-14-9-16(10-15(14)20-12(2)18)8-13-6-4-3-5-7-13/h3-7,14-15H,8-10H2,1-2H3/t14-,15-/m0/s1. The van der Waals surface area contributed by atoms with Gasteiger partial charge in [0, 0.05) is 33.5 Å². The van der Waals surface area contributed by atoms with Crippen LogP contribution in [-0.2, 0) is 25.6 Å². The Balaban J connectivity index is 1.99. The average molecular weight is 277 g/mol. The van der Waals surface area contributed by atoms with E-state index in [4.69, 9.17) is 9.47 Å². The minimum Gasteiger partial charge on any atom is -0.457 e. The number of carbonyl (C=O) groups excluding carboxylic acids is 2. The number of esters is 2. The topological polar surface area (TPSA) is 55.8 Å². The molecular weight excluding hydrogens is 258 g/mol. The Morgan fingerprint density at radius 2 is 1.55 bits per heavy atom. The first-order valence-corrected chi connectivity index (χ1v) is 6.65. The lowest BCUT2D eigenvalue weighted by Crippen LogP contribution is -2.32. The predicted octanol–water partition coefficient (Wildman–Crippen LogP) is 1.37. The molecule has 0 aliphatic carbocycles. The largest absolute Gasteiger partial charge is 0.457 e. The lowest BCUT2D eigenvalue weighted by molar-refractivity contribution is -0.160. The summed E-state index contributed by atoms with van der Waals surface area (Å²) in [6.07, 6.45) is -0.778. The van der Waals surface area contributed by atoms with Crippen LogP contribution >= 0.6 is 0 Å². The van der Waals surface area contributed by atoms with Gasteiger partial charge in [-0.25, -0.2) is 0 Å². The van der Waals surface area contributed by atoms with Gasteiger partial charge in [0.2, 0.25) is 0 Å². The molecule has 2 atom stereocenters. The maximum atomic E-state index is 11.1. The van der Waals surface area contributed by atoms with Crippen molar-refractivity contribution in [3.63, 3.8) is 0 Å². The Kier molecular flexibility index (Phi) is 4.74. The van der Waals surface area contributed by atoms with Crippen LogP contribution < -0.4 is 0 Å². The first-order chi connectivity index (χ1) is 9.54. The molecule has 0 unspecified atom stereocenters. The number of benzene rings is 1. The van der Waals surface area contributed by atoms with Crippen molar-refractivity contribution in [2.24, 2.45) is 0 Å². The summed E-state index contributed by atoms with van der Waals surface area (Å²) in [4.78, 5) is 24.4. The van der Waals surface area contributed by atoms with Gasteiger partial charge < -0.3 is 9.47 Å². The summed E-state index contributed by atoms with van der Waals surface area (Å²) in [5.74, 6) is -0.706. The van der Waals surface area contributed by atoms with Crippen molar-refractivity contribution < 1.29 is 19.1 Å². The van der Waals surface area contributed by atoms with Gasteiger partial charge in [0.1, 0.15) is 0 Å². The fourth-order valence-corrected chi connectivity index (χ4v) is 2.44. The smallest absolute Gasteiger partial charge is 0.303 e. The third-order valence-electron chi connectivity index (χ3n) is 3.17. The maximum absolute atomic E-state index is 11.1. The summed E-state index contributed by atoms with van der Waals surface area (Å²) < 4.78 is 10.5. The number of nitrogens with zero attached hydrogens (tertiary/aromatic N) is 1. The summed E-state index contributed by atoms with van der Waals surface area (Å²) >= 11 is 0. The number of likely N-dealkylation sites (tertiary alicyclic amines) is 1. The molecule has 2 rings (SSSR count). The Labute approximate surface area is 118 Å². The first-order valence-electron chi connectivity index (χ1n) is 6.65. The lowest BCUT2D eigenvalue weighted by atomic mass is 10.2. The van der Waals surface area contributed by atoms with Crippen LogP contribution in [0.15, 0.2) is 30.3 Å². The number of ether oxygens (including phenoxy) is 2. The molecule has 5 heteroatoms. The highest BCUT2D eigenvalue weighted by atomic mass is 16.6. The number of hydrogen-bond acceptors (Lipinski definition) is 5. The van der Waals surface area contributed by atoms with Crippen LogP contribution in [0.3, 0.4) is 0 Å². The van der Waals surface area contributed by atoms with Gasteiger partial charge in [-0.15, -0.1) is 0 Å². The normalized spacial score (nSPS) is 22.5. The second kappa shape index (κ2) is 6.52. The molecule has 108 valence electrons. The molecule has 0 amide bonds. The third kappa shape index (κ3) is 4.06. The van der Waals surface area contributed by atoms with Crippen molar-refractivity contribution in [2.75, 3.05) is 13.1 Å². The summed E-state index contributed by atoms with van der Waals surface area (Å²) in [5, 5.41) is 0. The van der Waals surface area contributed by atoms with Crippen molar-refractivity contribution in [1.29, 1.82) is 0 Å². The molecule has 1 heterocycles. The van der Waals surface area contributed by atoms with Gasteiger partial charge in [0.25, 0.3) is 0 Å². The number of carbonyl (C=O) groups is 2. The van der Waals surface area contributed by atoms with Crippen molar-refractivity contribution in [3.05, 3.63) is 35.9 Å². The van der Waals surface area contributed by atoms with Crippen LogP contribution in [0.5, 0.6) is 0 Å². The van der Waals surface area contributed by atoms with Gasteiger partial charge in [-0.3, -0.25) is 14.5 Å². The molecule has 1 fully saturated rings. The molecule has 0 N–H and O–H groups in total. The van der Waals surface area contributed by atoms with E-state index in [1.54, 1.807) is 0 Å². The van der Waals surface area contributed by atoms with Crippen molar-refractivity contribution in [3.8, 4) is 0 Å². The van der Waals surface area contributed by atoms with Gasteiger partial charge in [-0.1, -0.05) is 30.3 Å². The van der Waals surface area contributed by atoms with Crippen LogP contribution in [0.2, 0.25) is 0 Å². The second-order valence-corrected chi connectivity index (χ2v) is 4.98. The highest BCUT2D eigenvalue weighted by Crippen LogP contribution is 2.19. The van der Waals surface area contributed by atoms with Gasteiger partial charge in [0.15, 0.2) is 12.2 Å². The molecule has 20 heavy (non-hydrogen) atoms. The molecule has 1 saturated heterocycles. The Hall–Kier alpha value is -1.88. The molecule has 0 spiro atoms. The van der Waals surface area contributed by atoms with E-state index in [0.717, 1.165) is 6.54 Å². The minimum atomic E-state index is -0.389.